The third kappa shape index (κ3) is 10.9. The van der Waals surface area contributed by atoms with Crippen molar-refractivity contribution in [3.05, 3.63) is 129 Å². The molecule has 0 aromatic heterocycles. The highest BCUT2D eigenvalue weighted by atomic mass is 14.5. The van der Waals surface area contributed by atoms with Crippen LogP contribution in [0.4, 0.5) is 11.4 Å². The zero-order valence-electron chi connectivity index (χ0n) is 26.8. The Bertz CT molecular complexity index is 1260. The van der Waals surface area contributed by atoms with Crippen LogP contribution in [0.25, 0.3) is 0 Å². The molecule has 2 nitrogen and oxygen atoms in total. The Hall–Kier alpha value is -3.52. The highest BCUT2D eigenvalue weighted by molar-refractivity contribution is 5.47. The first-order valence-corrected chi connectivity index (χ1v) is 16.9. The van der Waals surface area contributed by atoms with E-state index in [4.69, 9.17) is 11.5 Å². The van der Waals surface area contributed by atoms with E-state index in [1.807, 2.05) is 0 Å². The molecule has 0 aliphatic heterocycles. The lowest BCUT2D eigenvalue weighted by atomic mass is 9.94. The lowest BCUT2D eigenvalue weighted by molar-refractivity contribution is 0.665. The van der Waals surface area contributed by atoms with E-state index < -0.39 is 0 Å². The molecular formula is C41H54N2. The molecule has 43 heavy (non-hydrogen) atoms. The van der Waals surface area contributed by atoms with Crippen molar-refractivity contribution >= 4 is 11.4 Å². The normalized spacial score (nSPS) is 11.2. The Morgan fingerprint density at radius 2 is 0.767 bits per heavy atom. The van der Waals surface area contributed by atoms with Gasteiger partial charge in [-0.05, 0) is 127 Å². The molecule has 0 fully saturated rings. The second kappa shape index (κ2) is 17.6. The number of nitrogen functional groups attached to an aromatic ring is 2. The number of hydrogen-bond acceptors (Lipinski definition) is 2. The Kier molecular flexibility index (Phi) is 13.2. The number of benzene rings is 4. The van der Waals surface area contributed by atoms with Crippen molar-refractivity contribution in [1.29, 1.82) is 0 Å². The molecule has 0 aliphatic rings. The van der Waals surface area contributed by atoms with Gasteiger partial charge in [0, 0.05) is 11.4 Å². The number of aryl methyl sites for hydroxylation is 4. The molecule has 0 spiro atoms. The molecule has 0 aliphatic carbocycles. The predicted molar refractivity (Wildman–Crippen MR) is 188 cm³/mol. The van der Waals surface area contributed by atoms with Gasteiger partial charge in [0.25, 0.3) is 0 Å². The molecule has 4 aromatic carbocycles. The van der Waals surface area contributed by atoms with Crippen molar-refractivity contribution in [2.24, 2.45) is 0 Å². The highest BCUT2D eigenvalue weighted by Gasteiger charge is 2.07. The van der Waals surface area contributed by atoms with Gasteiger partial charge in [-0.3, -0.25) is 0 Å². The zero-order valence-corrected chi connectivity index (χ0v) is 26.8. The second-order valence-corrected chi connectivity index (χ2v) is 12.5. The van der Waals surface area contributed by atoms with Gasteiger partial charge in [-0.1, -0.05) is 113 Å². The van der Waals surface area contributed by atoms with E-state index in [9.17, 15) is 0 Å². The van der Waals surface area contributed by atoms with Crippen LogP contribution in [-0.2, 0) is 38.5 Å². The molecular weight excluding hydrogens is 520 g/mol. The molecule has 0 saturated carbocycles. The van der Waals surface area contributed by atoms with E-state index in [-0.39, 0.29) is 0 Å². The fourth-order valence-electron chi connectivity index (χ4n) is 6.17. The molecule has 0 unspecified atom stereocenters. The largest absolute Gasteiger partial charge is 0.399 e. The zero-order chi connectivity index (χ0) is 30.3. The quantitative estimate of drug-likeness (QED) is 0.0917. The fourth-order valence-corrected chi connectivity index (χ4v) is 6.17. The van der Waals surface area contributed by atoms with E-state index in [0.29, 0.717) is 0 Å². The van der Waals surface area contributed by atoms with Crippen molar-refractivity contribution in [3.63, 3.8) is 0 Å². The first kappa shape index (κ1) is 32.4. The number of hydrogen-bond donors (Lipinski definition) is 2. The van der Waals surface area contributed by atoms with Gasteiger partial charge >= 0.3 is 0 Å². The maximum Gasteiger partial charge on any atom is 0.0316 e. The minimum Gasteiger partial charge on any atom is -0.399 e. The van der Waals surface area contributed by atoms with Gasteiger partial charge in [0.05, 0.1) is 0 Å². The summed E-state index contributed by atoms with van der Waals surface area (Å²) >= 11 is 0. The van der Waals surface area contributed by atoms with Gasteiger partial charge in [-0.2, -0.15) is 0 Å². The van der Waals surface area contributed by atoms with Crippen molar-refractivity contribution in [2.75, 3.05) is 11.5 Å². The van der Waals surface area contributed by atoms with Gasteiger partial charge in [0.2, 0.25) is 0 Å². The summed E-state index contributed by atoms with van der Waals surface area (Å²) in [6, 6.07) is 31.5. The first-order valence-electron chi connectivity index (χ1n) is 16.9. The standard InChI is InChI=1S/C41H54N2/c1-3-5-7-9-14-36-30-40(42)26-24-38(36)28-34-20-16-32(17-21-34)12-11-13-33-18-22-35(23-19-33)29-39-25-27-41(43)31-37(39)15-10-8-6-4-2/h16-27,30-31H,3-15,28-29,42-43H2,1-2H3. The molecule has 0 saturated heterocycles. The summed E-state index contributed by atoms with van der Waals surface area (Å²) in [5.41, 5.74) is 25.3. The van der Waals surface area contributed by atoms with E-state index in [2.05, 4.69) is 98.8 Å². The second-order valence-electron chi connectivity index (χ2n) is 12.5. The third-order valence-electron chi connectivity index (χ3n) is 8.83. The first-order chi connectivity index (χ1) is 21.0. The topological polar surface area (TPSA) is 52.0 Å². The van der Waals surface area contributed by atoms with Gasteiger partial charge in [-0.25, -0.2) is 0 Å². The molecule has 228 valence electrons. The Morgan fingerprint density at radius 1 is 0.372 bits per heavy atom. The van der Waals surface area contributed by atoms with Gasteiger partial charge in [0.1, 0.15) is 0 Å². The maximum atomic E-state index is 6.13. The number of anilines is 2. The molecule has 0 radical (unpaired) electrons. The van der Waals surface area contributed by atoms with Crippen LogP contribution >= 0.6 is 0 Å². The van der Waals surface area contributed by atoms with Gasteiger partial charge < -0.3 is 11.5 Å². The lowest BCUT2D eigenvalue weighted by Gasteiger charge is -2.12. The lowest BCUT2D eigenvalue weighted by Crippen LogP contribution is -1.99. The van der Waals surface area contributed by atoms with Crippen LogP contribution in [0.3, 0.4) is 0 Å². The maximum absolute atomic E-state index is 6.13. The van der Waals surface area contributed by atoms with Crippen LogP contribution in [0, 0.1) is 0 Å². The smallest absolute Gasteiger partial charge is 0.0316 e. The summed E-state index contributed by atoms with van der Waals surface area (Å²) in [5.74, 6) is 0. The van der Waals surface area contributed by atoms with E-state index in [1.165, 1.54) is 102 Å². The summed E-state index contributed by atoms with van der Waals surface area (Å²) in [6.07, 6.45) is 17.9. The average molecular weight is 575 g/mol. The Balaban J connectivity index is 1.25. The van der Waals surface area contributed by atoms with E-state index >= 15 is 0 Å². The van der Waals surface area contributed by atoms with Crippen molar-refractivity contribution < 1.29 is 0 Å². The molecule has 0 bridgehead atoms. The Morgan fingerprint density at radius 3 is 1.16 bits per heavy atom. The molecule has 0 atom stereocenters. The Labute approximate surface area is 261 Å². The summed E-state index contributed by atoms with van der Waals surface area (Å²) < 4.78 is 0. The summed E-state index contributed by atoms with van der Waals surface area (Å²) in [6.45, 7) is 4.53. The van der Waals surface area contributed by atoms with Crippen LogP contribution < -0.4 is 11.5 Å². The minimum atomic E-state index is 0.878. The minimum absolute atomic E-state index is 0.878. The van der Waals surface area contributed by atoms with Crippen molar-refractivity contribution in [2.45, 2.75) is 110 Å². The third-order valence-corrected chi connectivity index (χ3v) is 8.83. The molecule has 0 heterocycles. The highest BCUT2D eigenvalue weighted by Crippen LogP contribution is 2.23. The van der Waals surface area contributed by atoms with Crippen LogP contribution in [0.15, 0.2) is 84.9 Å². The molecule has 4 N–H and O–H groups in total. The predicted octanol–water partition coefficient (Wildman–Crippen LogP) is 10.5. The van der Waals surface area contributed by atoms with Crippen molar-refractivity contribution in [3.8, 4) is 0 Å². The summed E-state index contributed by atoms with van der Waals surface area (Å²) in [7, 11) is 0. The number of unbranched alkanes of at least 4 members (excludes halogenated alkanes) is 6. The summed E-state index contributed by atoms with van der Waals surface area (Å²) in [4.78, 5) is 0. The van der Waals surface area contributed by atoms with Crippen molar-refractivity contribution in [1.82, 2.24) is 0 Å². The number of rotatable bonds is 18. The molecule has 0 amide bonds. The van der Waals surface area contributed by atoms with Gasteiger partial charge in [0.15, 0.2) is 0 Å². The van der Waals surface area contributed by atoms with Crippen LogP contribution in [0.5, 0.6) is 0 Å². The number of nitrogens with two attached hydrogens (primary N) is 2. The van der Waals surface area contributed by atoms with Crippen LogP contribution in [-0.4, -0.2) is 0 Å². The van der Waals surface area contributed by atoms with Crippen LogP contribution in [0.2, 0.25) is 0 Å². The van der Waals surface area contributed by atoms with Gasteiger partial charge in [-0.15, -0.1) is 0 Å². The van der Waals surface area contributed by atoms with E-state index in [1.54, 1.807) is 0 Å². The summed E-state index contributed by atoms with van der Waals surface area (Å²) in [5, 5.41) is 0. The SMILES string of the molecule is CCCCCCc1cc(N)ccc1Cc1ccc(CCCc2ccc(Cc3ccc(N)cc3CCCCCC)cc2)cc1. The van der Waals surface area contributed by atoms with E-state index in [0.717, 1.165) is 49.9 Å². The average Bonchev–Trinajstić information content (AvgIpc) is 3.01. The fraction of sp³-hybridized carbons (Fsp3) is 0.415. The van der Waals surface area contributed by atoms with Crippen LogP contribution in [0.1, 0.15) is 116 Å². The molecule has 4 rings (SSSR count). The molecule has 4 aromatic rings. The monoisotopic (exact) mass is 574 g/mol. The molecule has 2 heteroatoms.